The molecular formula is C33H28ClN3O3. The molecule has 4 aromatic rings. The maximum absolute atomic E-state index is 13.8. The average molecular weight is 550 g/mol. The first-order valence-electron chi connectivity index (χ1n) is 12.9. The molecule has 0 unspecified atom stereocenters. The van der Waals surface area contributed by atoms with Crippen molar-refractivity contribution in [3.05, 3.63) is 142 Å². The van der Waals surface area contributed by atoms with Crippen molar-refractivity contribution in [2.45, 2.75) is 26.9 Å². The monoisotopic (exact) mass is 549 g/mol. The molecule has 0 saturated heterocycles. The summed E-state index contributed by atoms with van der Waals surface area (Å²) in [6, 6.07) is 32.0. The van der Waals surface area contributed by atoms with Crippen molar-refractivity contribution in [1.29, 1.82) is 0 Å². The van der Waals surface area contributed by atoms with E-state index in [9.17, 15) is 14.4 Å². The third kappa shape index (κ3) is 5.67. The molecule has 4 aromatic carbocycles. The highest BCUT2D eigenvalue weighted by molar-refractivity contribution is 6.53. The molecule has 5 rings (SSSR count). The lowest BCUT2D eigenvalue weighted by atomic mass is 10.1. The number of aryl methyl sites for hydroxylation is 2. The second-order valence-electron chi connectivity index (χ2n) is 9.76. The fraction of sp³-hybridized carbons (Fsp3) is 0.121. The predicted octanol–water partition coefficient (Wildman–Crippen LogP) is 6.58. The standard InChI is InChI=1S/C33H28ClN3O3/c1-22-16-17-23(2)28(18-22)37-32(39)29(34)30(33(37)40)35-27-15-9-14-26(19-27)31(38)36(20-24-10-5-3-6-11-24)21-25-12-7-4-8-13-25/h3-19,35H,20-21H2,1-2H3. The molecule has 0 radical (unpaired) electrons. The predicted molar refractivity (Wildman–Crippen MR) is 158 cm³/mol. The summed E-state index contributed by atoms with van der Waals surface area (Å²) in [5, 5.41) is 2.81. The van der Waals surface area contributed by atoms with E-state index in [0.717, 1.165) is 27.2 Å². The molecule has 0 atom stereocenters. The Labute approximate surface area is 238 Å². The maximum atomic E-state index is 13.8. The van der Waals surface area contributed by atoms with Gasteiger partial charge in [0, 0.05) is 24.3 Å². The number of carbonyl (C=O) groups is 3. The van der Waals surface area contributed by atoms with Gasteiger partial charge in [-0.1, -0.05) is 90.5 Å². The number of anilines is 2. The molecule has 0 aliphatic carbocycles. The highest BCUT2D eigenvalue weighted by atomic mass is 35.5. The summed E-state index contributed by atoms with van der Waals surface area (Å²) in [7, 11) is 0. The molecule has 1 aliphatic rings. The zero-order chi connectivity index (χ0) is 28.2. The summed E-state index contributed by atoms with van der Waals surface area (Å²) in [4.78, 5) is 43.0. The Balaban J connectivity index is 1.40. The largest absolute Gasteiger partial charge is 0.350 e. The Bertz CT molecular complexity index is 1580. The normalized spacial score (nSPS) is 13.1. The van der Waals surface area contributed by atoms with E-state index in [4.69, 9.17) is 11.6 Å². The Morgan fingerprint density at radius 3 is 2.02 bits per heavy atom. The SMILES string of the molecule is Cc1ccc(C)c(N2C(=O)C(Cl)=C(Nc3cccc(C(=O)N(Cc4ccccc4)Cc4ccccc4)c3)C2=O)c1. The summed E-state index contributed by atoms with van der Waals surface area (Å²) < 4.78 is 0. The molecule has 7 heteroatoms. The third-order valence-corrected chi connectivity index (χ3v) is 7.08. The molecule has 0 bridgehead atoms. The fourth-order valence-corrected chi connectivity index (χ4v) is 4.87. The first-order valence-corrected chi connectivity index (χ1v) is 13.3. The van der Waals surface area contributed by atoms with Crippen LogP contribution in [0, 0.1) is 13.8 Å². The number of halogens is 1. The number of amides is 3. The Morgan fingerprint density at radius 2 is 1.40 bits per heavy atom. The molecule has 0 fully saturated rings. The van der Waals surface area contributed by atoms with Crippen molar-refractivity contribution in [2.24, 2.45) is 0 Å². The zero-order valence-corrected chi connectivity index (χ0v) is 23.0. The van der Waals surface area contributed by atoms with E-state index >= 15 is 0 Å². The molecule has 0 saturated carbocycles. The van der Waals surface area contributed by atoms with Crippen molar-refractivity contribution in [2.75, 3.05) is 10.2 Å². The zero-order valence-electron chi connectivity index (χ0n) is 22.2. The van der Waals surface area contributed by atoms with E-state index in [1.54, 1.807) is 35.2 Å². The van der Waals surface area contributed by atoms with Gasteiger partial charge in [0.15, 0.2) is 0 Å². The number of carbonyl (C=O) groups excluding carboxylic acids is 3. The highest BCUT2D eigenvalue weighted by Crippen LogP contribution is 2.32. The minimum absolute atomic E-state index is 0.0254. The van der Waals surface area contributed by atoms with Crippen LogP contribution >= 0.6 is 11.6 Å². The van der Waals surface area contributed by atoms with Crippen LogP contribution in [0.15, 0.2) is 114 Å². The van der Waals surface area contributed by atoms with Crippen LogP contribution in [0.2, 0.25) is 0 Å². The van der Waals surface area contributed by atoms with Crippen molar-refractivity contribution in [3.63, 3.8) is 0 Å². The third-order valence-electron chi connectivity index (χ3n) is 6.73. The number of hydrogen-bond acceptors (Lipinski definition) is 4. The summed E-state index contributed by atoms with van der Waals surface area (Å²) in [5.41, 5.74) is 5.11. The van der Waals surface area contributed by atoms with Crippen molar-refractivity contribution >= 4 is 40.7 Å². The average Bonchev–Trinajstić information content (AvgIpc) is 3.17. The van der Waals surface area contributed by atoms with Crippen LogP contribution in [0.1, 0.15) is 32.6 Å². The van der Waals surface area contributed by atoms with Gasteiger partial charge in [0.05, 0.1) is 5.69 Å². The number of rotatable bonds is 8. The number of imide groups is 1. The van der Waals surface area contributed by atoms with Crippen molar-refractivity contribution in [1.82, 2.24) is 4.90 Å². The van der Waals surface area contributed by atoms with Crippen LogP contribution in [0.25, 0.3) is 0 Å². The first-order chi connectivity index (χ1) is 19.3. The van der Waals surface area contributed by atoms with Crippen LogP contribution in [-0.4, -0.2) is 22.6 Å². The van der Waals surface area contributed by atoms with Crippen LogP contribution in [0.5, 0.6) is 0 Å². The van der Waals surface area contributed by atoms with Gasteiger partial charge in [-0.3, -0.25) is 14.4 Å². The molecular weight excluding hydrogens is 522 g/mol. The molecule has 40 heavy (non-hydrogen) atoms. The molecule has 1 N–H and O–H groups in total. The molecule has 1 aliphatic heterocycles. The Kier molecular flexibility index (Phi) is 7.80. The minimum Gasteiger partial charge on any atom is -0.350 e. The molecule has 3 amide bonds. The van der Waals surface area contributed by atoms with Crippen molar-refractivity contribution in [3.8, 4) is 0 Å². The first kappa shape index (κ1) is 26.9. The van der Waals surface area contributed by atoms with Gasteiger partial charge in [-0.05, 0) is 60.4 Å². The summed E-state index contributed by atoms with van der Waals surface area (Å²) in [6.07, 6.45) is 0. The number of benzene rings is 4. The Hall–Kier alpha value is -4.68. The fourth-order valence-electron chi connectivity index (χ4n) is 4.65. The number of nitrogens with one attached hydrogen (secondary N) is 1. The van der Waals surface area contributed by atoms with E-state index in [1.165, 1.54) is 0 Å². The van der Waals surface area contributed by atoms with E-state index in [2.05, 4.69) is 5.32 Å². The van der Waals surface area contributed by atoms with Gasteiger partial charge >= 0.3 is 0 Å². The van der Waals surface area contributed by atoms with E-state index in [-0.39, 0.29) is 16.6 Å². The van der Waals surface area contributed by atoms with E-state index in [1.807, 2.05) is 86.6 Å². The van der Waals surface area contributed by atoms with Gasteiger partial charge in [0.25, 0.3) is 17.7 Å². The van der Waals surface area contributed by atoms with Gasteiger partial charge in [-0.2, -0.15) is 0 Å². The quantitative estimate of drug-likeness (QED) is 0.252. The lowest BCUT2D eigenvalue weighted by Gasteiger charge is -2.23. The van der Waals surface area contributed by atoms with Crippen LogP contribution in [-0.2, 0) is 22.7 Å². The van der Waals surface area contributed by atoms with Gasteiger partial charge < -0.3 is 10.2 Å². The lowest BCUT2D eigenvalue weighted by Crippen LogP contribution is -2.33. The maximum Gasteiger partial charge on any atom is 0.283 e. The topological polar surface area (TPSA) is 69.7 Å². The van der Waals surface area contributed by atoms with E-state index in [0.29, 0.717) is 30.0 Å². The van der Waals surface area contributed by atoms with Gasteiger partial charge in [0.1, 0.15) is 10.7 Å². The van der Waals surface area contributed by atoms with E-state index < -0.39 is 11.8 Å². The number of nitrogens with zero attached hydrogens (tertiary/aromatic N) is 2. The van der Waals surface area contributed by atoms with Crippen LogP contribution in [0.4, 0.5) is 11.4 Å². The summed E-state index contributed by atoms with van der Waals surface area (Å²) in [6.45, 7) is 4.59. The molecule has 0 aromatic heterocycles. The molecule has 1 heterocycles. The van der Waals surface area contributed by atoms with Gasteiger partial charge in [-0.25, -0.2) is 4.90 Å². The molecule has 200 valence electrons. The number of hydrogen-bond donors (Lipinski definition) is 1. The molecule has 0 spiro atoms. The molecule has 6 nitrogen and oxygen atoms in total. The van der Waals surface area contributed by atoms with Gasteiger partial charge in [-0.15, -0.1) is 0 Å². The highest BCUT2D eigenvalue weighted by Gasteiger charge is 2.39. The van der Waals surface area contributed by atoms with Gasteiger partial charge in [0.2, 0.25) is 0 Å². The van der Waals surface area contributed by atoms with Crippen LogP contribution in [0.3, 0.4) is 0 Å². The smallest absolute Gasteiger partial charge is 0.283 e. The van der Waals surface area contributed by atoms with Crippen molar-refractivity contribution < 1.29 is 14.4 Å². The Morgan fingerprint density at radius 1 is 0.775 bits per heavy atom. The minimum atomic E-state index is -0.591. The summed E-state index contributed by atoms with van der Waals surface area (Å²) in [5.74, 6) is -1.30. The second kappa shape index (κ2) is 11.6. The van der Waals surface area contributed by atoms with Crippen LogP contribution < -0.4 is 10.2 Å². The summed E-state index contributed by atoms with van der Waals surface area (Å²) >= 11 is 6.37. The second-order valence-corrected chi connectivity index (χ2v) is 10.1. The lowest BCUT2D eigenvalue weighted by molar-refractivity contribution is -0.120.